The summed E-state index contributed by atoms with van der Waals surface area (Å²) in [4.78, 5) is 2.42. The second-order valence-electron chi connectivity index (χ2n) is 5.13. The molecular weight excluding hydrogens is 276 g/mol. The average Bonchev–Trinajstić information content (AvgIpc) is 2.58. The molecular formula is C14H21BrN2. The summed E-state index contributed by atoms with van der Waals surface area (Å²) in [6.07, 6.45) is 1.24. The minimum absolute atomic E-state index is 0.397. The Balaban J connectivity index is 1.98. The molecule has 94 valence electrons. The van der Waals surface area contributed by atoms with E-state index in [2.05, 4.69) is 71.3 Å². The molecule has 2 rings (SSSR count). The van der Waals surface area contributed by atoms with Crippen molar-refractivity contribution < 1.29 is 0 Å². The number of hydrogen-bond donors (Lipinski definition) is 1. The van der Waals surface area contributed by atoms with Crippen LogP contribution in [0.15, 0.2) is 28.7 Å². The summed E-state index contributed by atoms with van der Waals surface area (Å²) in [6, 6.07) is 10.2. The zero-order valence-electron chi connectivity index (χ0n) is 10.8. The van der Waals surface area contributed by atoms with Crippen molar-refractivity contribution in [3.05, 3.63) is 34.3 Å². The molecule has 1 fully saturated rings. The number of benzene rings is 1. The molecule has 0 spiro atoms. The van der Waals surface area contributed by atoms with Crippen LogP contribution in [-0.2, 0) is 0 Å². The lowest BCUT2D eigenvalue weighted by Gasteiger charge is -2.20. The van der Waals surface area contributed by atoms with Crippen LogP contribution in [0.4, 0.5) is 0 Å². The predicted octanol–water partition coefficient (Wildman–Crippen LogP) is 3.19. The maximum atomic E-state index is 3.73. The highest BCUT2D eigenvalue weighted by Crippen LogP contribution is 2.25. The van der Waals surface area contributed by atoms with Gasteiger partial charge in [-0.05, 0) is 38.9 Å². The van der Waals surface area contributed by atoms with Gasteiger partial charge in [0.15, 0.2) is 0 Å². The van der Waals surface area contributed by atoms with Crippen LogP contribution in [-0.4, -0.2) is 30.6 Å². The van der Waals surface area contributed by atoms with Crippen molar-refractivity contribution in [2.24, 2.45) is 0 Å². The van der Waals surface area contributed by atoms with Gasteiger partial charge in [-0.1, -0.05) is 34.1 Å². The SMILES string of the molecule is CC1CC(N[C@H](C)c2ccccc2Br)CN1C. The van der Waals surface area contributed by atoms with Gasteiger partial charge in [-0.3, -0.25) is 0 Å². The second kappa shape index (κ2) is 5.51. The molecule has 0 bridgehead atoms. The van der Waals surface area contributed by atoms with E-state index in [9.17, 15) is 0 Å². The van der Waals surface area contributed by atoms with Crippen molar-refractivity contribution in [2.45, 2.75) is 38.4 Å². The van der Waals surface area contributed by atoms with Gasteiger partial charge in [-0.25, -0.2) is 0 Å². The fraction of sp³-hybridized carbons (Fsp3) is 0.571. The van der Waals surface area contributed by atoms with Crippen LogP contribution in [0, 0.1) is 0 Å². The van der Waals surface area contributed by atoms with Crippen molar-refractivity contribution in [1.29, 1.82) is 0 Å². The molecule has 3 heteroatoms. The van der Waals surface area contributed by atoms with E-state index in [1.165, 1.54) is 16.5 Å². The van der Waals surface area contributed by atoms with Crippen molar-refractivity contribution in [3.8, 4) is 0 Å². The Morgan fingerprint density at radius 2 is 2.12 bits per heavy atom. The molecule has 1 N–H and O–H groups in total. The average molecular weight is 297 g/mol. The van der Waals surface area contributed by atoms with Gasteiger partial charge in [0.1, 0.15) is 0 Å². The van der Waals surface area contributed by atoms with Gasteiger partial charge in [-0.2, -0.15) is 0 Å². The van der Waals surface area contributed by atoms with Crippen LogP contribution in [0.3, 0.4) is 0 Å². The normalized spacial score (nSPS) is 27.3. The first-order chi connectivity index (χ1) is 8.08. The third-order valence-corrected chi connectivity index (χ3v) is 4.47. The van der Waals surface area contributed by atoms with Crippen molar-refractivity contribution in [2.75, 3.05) is 13.6 Å². The number of nitrogens with zero attached hydrogens (tertiary/aromatic N) is 1. The molecule has 0 radical (unpaired) electrons. The molecule has 2 nitrogen and oxygen atoms in total. The summed E-state index contributed by atoms with van der Waals surface area (Å²) in [5.74, 6) is 0. The Hall–Kier alpha value is -0.380. The Bertz CT molecular complexity index is 370. The molecule has 0 amide bonds. The highest BCUT2D eigenvalue weighted by atomic mass is 79.9. The van der Waals surface area contributed by atoms with Crippen LogP contribution in [0.25, 0.3) is 0 Å². The smallest absolute Gasteiger partial charge is 0.0306 e. The molecule has 1 heterocycles. The van der Waals surface area contributed by atoms with Crippen LogP contribution >= 0.6 is 15.9 Å². The zero-order valence-corrected chi connectivity index (χ0v) is 12.4. The van der Waals surface area contributed by atoms with Crippen LogP contribution in [0.1, 0.15) is 31.9 Å². The van der Waals surface area contributed by atoms with Gasteiger partial charge >= 0.3 is 0 Å². The minimum atomic E-state index is 0.397. The molecule has 0 saturated carbocycles. The topological polar surface area (TPSA) is 15.3 Å². The molecule has 0 aromatic heterocycles. The summed E-state index contributed by atoms with van der Waals surface area (Å²) in [5.41, 5.74) is 1.34. The Labute approximate surface area is 113 Å². The van der Waals surface area contributed by atoms with Crippen LogP contribution < -0.4 is 5.32 Å². The first-order valence-electron chi connectivity index (χ1n) is 6.28. The summed E-state index contributed by atoms with van der Waals surface area (Å²) in [6.45, 7) is 5.68. The predicted molar refractivity (Wildman–Crippen MR) is 76.2 cm³/mol. The minimum Gasteiger partial charge on any atom is -0.306 e. The monoisotopic (exact) mass is 296 g/mol. The van der Waals surface area contributed by atoms with Gasteiger partial charge < -0.3 is 10.2 Å². The van der Waals surface area contributed by atoms with Crippen LogP contribution in [0.5, 0.6) is 0 Å². The number of likely N-dealkylation sites (N-methyl/N-ethyl adjacent to an activating group) is 1. The number of hydrogen-bond acceptors (Lipinski definition) is 2. The lowest BCUT2D eigenvalue weighted by Crippen LogP contribution is -2.33. The molecule has 0 aliphatic carbocycles. The number of likely N-dealkylation sites (tertiary alicyclic amines) is 1. The summed E-state index contributed by atoms with van der Waals surface area (Å²) < 4.78 is 1.19. The number of nitrogens with one attached hydrogen (secondary N) is 1. The third kappa shape index (κ3) is 3.09. The second-order valence-corrected chi connectivity index (χ2v) is 5.99. The molecule has 1 aliphatic rings. The van der Waals surface area contributed by atoms with Gasteiger partial charge in [0.2, 0.25) is 0 Å². The van der Waals surface area contributed by atoms with E-state index in [-0.39, 0.29) is 0 Å². The van der Waals surface area contributed by atoms with E-state index < -0.39 is 0 Å². The molecule has 1 saturated heterocycles. The first-order valence-corrected chi connectivity index (χ1v) is 7.08. The highest BCUT2D eigenvalue weighted by Gasteiger charge is 2.27. The Morgan fingerprint density at radius 3 is 2.71 bits per heavy atom. The number of halogens is 1. The van der Waals surface area contributed by atoms with Crippen molar-refractivity contribution >= 4 is 15.9 Å². The third-order valence-electron chi connectivity index (χ3n) is 3.74. The molecule has 17 heavy (non-hydrogen) atoms. The largest absolute Gasteiger partial charge is 0.306 e. The Morgan fingerprint density at radius 1 is 1.41 bits per heavy atom. The fourth-order valence-corrected chi connectivity index (χ4v) is 3.21. The molecule has 3 atom stereocenters. The molecule has 1 aromatic carbocycles. The van der Waals surface area contributed by atoms with Gasteiger partial charge in [0.05, 0.1) is 0 Å². The Kier molecular flexibility index (Phi) is 4.23. The maximum absolute atomic E-state index is 3.73. The highest BCUT2D eigenvalue weighted by molar-refractivity contribution is 9.10. The van der Waals surface area contributed by atoms with Gasteiger partial charge in [-0.15, -0.1) is 0 Å². The van der Waals surface area contributed by atoms with Gasteiger partial charge in [0.25, 0.3) is 0 Å². The van der Waals surface area contributed by atoms with E-state index in [1.807, 2.05) is 0 Å². The summed E-state index contributed by atoms with van der Waals surface area (Å²) in [5, 5.41) is 3.73. The summed E-state index contributed by atoms with van der Waals surface area (Å²) in [7, 11) is 2.20. The van der Waals surface area contributed by atoms with Crippen LogP contribution in [0.2, 0.25) is 0 Å². The van der Waals surface area contributed by atoms with E-state index in [0.717, 1.165) is 6.54 Å². The quantitative estimate of drug-likeness (QED) is 0.921. The fourth-order valence-electron chi connectivity index (χ4n) is 2.58. The van der Waals surface area contributed by atoms with E-state index in [0.29, 0.717) is 18.1 Å². The first kappa shape index (κ1) is 13.1. The number of rotatable bonds is 3. The zero-order chi connectivity index (χ0) is 12.4. The lowest BCUT2D eigenvalue weighted by atomic mass is 10.1. The molecule has 1 aliphatic heterocycles. The van der Waals surface area contributed by atoms with Crippen molar-refractivity contribution in [1.82, 2.24) is 10.2 Å². The standard InChI is InChI=1S/C14H21BrN2/c1-10-8-12(9-17(10)3)16-11(2)13-6-4-5-7-14(13)15/h4-7,10-12,16H,8-9H2,1-3H3/t10?,11-,12?/m1/s1. The van der Waals surface area contributed by atoms with E-state index in [1.54, 1.807) is 0 Å². The van der Waals surface area contributed by atoms with E-state index in [4.69, 9.17) is 0 Å². The maximum Gasteiger partial charge on any atom is 0.0306 e. The molecule has 2 unspecified atom stereocenters. The van der Waals surface area contributed by atoms with Crippen molar-refractivity contribution in [3.63, 3.8) is 0 Å². The van der Waals surface area contributed by atoms with E-state index >= 15 is 0 Å². The van der Waals surface area contributed by atoms with Gasteiger partial charge in [0, 0.05) is 29.1 Å². The molecule has 1 aromatic rings. The lowest BCUT2D eigenvalue weighted by molar-refractivity contribution is 0.325. The summed E-state index contributed by atoms with van der Waals surface area (Å²) >= 11 is 3.62.